The zero-order valence-electron chi connectivity index (χ0n) is 13.3. The van der Waals surface area contributed by atoms with Gasteiger partial charge in [0.05, 0.1) is 17.2 Å². The topological polar surface area (TPSA) is 66.8 Å². The predicted molar refractivity (Wildman–Crippen MR) is 89.5 cm³/mol. The van der Waals surface area contributed by atoms with E-state index in [2.05, 4.69) is 0 Å². The number of ether oxygens (including phenoxy) is 1. The summed E-state index contributed by atoms with van der Waals surface area (Å²) in [5.74, 6) is -1.01. The van der Waals surface area contributed by atoms with Gasteiger partial charge in [0.1, 0.15) is 6.73 Å². The molecule has 0 fully saturated rings. The molecule has 0 spiro atoms. The number of amides is 1. The number of benzene rings is 1. The monoisotopic (exact) mass is 325 g/mol. The molecule has 1 aromatic rings. The number of carboxylic acid groups (broad SMARTS) is 1. The number of para-hydroxylation sites is 1. The molecule has 0 aliphatic rings. The molecule has 1 amide bonds. The van der Waals surface area contributed by atoms with E-state index in [1.54, 1.807) is 4.90 Å². The summed E-state index contributed by atoms with van der Waals surface area (Å²) in [4.78, 5) is 24.7. The highest BCUT2D eigenvalue weighted by Crippen LogP contribution is 2.26. The largest absolute Gasteiger partial charge is 0.481 e. The lowest BCUT2D eigenvalue weighted by molar-refractivity contribution is -0.133. The van der Waals surface area contributed by atoms with Crippen LogP contribution in [0.5, 0.6) is 0 Å². The van der Waals surface area contributed by atoms with Gasteiger partial charge in [-0.05, 0) is 31.4 Å². The average molecular weight is 325 g/mol. The maximum absolute atomic E-state index is 12.5. The molecule has 0 aliphatic carbocycles. The van der Waals surface area contributed by atoms with Crippen LogP contribution >= 0.6 is 11.8 Å². The number of carbonyl (C=O) groups excluding carboxylic acids is 1. The predicted octanol–water partition coefficient (Wildman–Crippen LogP) is 2.70. The van der Waals surface area contributed by atoms with E-state index >= 15 is 0 Å². The second kappa shape index (κ2) is 9.48. The first-order valence-corrected chi connectivity index (χ1v) is 8.42. The van der Waals surface area contributed by atoms with Crippen molar-refractivity contribution < 1.29 is 19.4 Å². The van der Waals surface area contributed by atoms with Gasteiger partial charge in [-0.15, -0.1) is 11.8 Å². The minimum Gasteiger partial charge on any atom is -0.481 e. The molecule has 1 rings (SSSR count). The summed E-state index contributed by atoms with van der Waals surface area (Å²) in [5.41, 5.74) is 2.96. The lowest BCUT2D eigenvalue weighted by Crippen LogP contribution is -2.36. The van der Waals surface area contributed by atoms with Gasteiger partial charge in [-0.25, -0.2) is 0 Å². The van der Waals surface area contributed by atoms with Crippen LogP contribution in [-0.4, -0.2) is 41.8 Å². The summed E-state index contributed by atoms with van der Waals surface area (Å²) in [6, 6.07) is 5.93. The summed E-state index contributed by atoms with van der Waals surface area (Å²) in [7, 11) is 0. The Balaban J connectivity index is 2.97. The summed E-state index contributed by atoms with van der Waals surface area (Å²) < 4.78 is 5.43. The molecular weight excluding hydrogens is 302 g/mol. The standard InChI is InChI=1S/C16H23NO4S/c1-4-13-8-6-7-12(3)16(13)17(11-21-5-2)14(18)9-22-10-15(19)20/h6-8H,4-5,9-11H2,1-3H3,(H,19,20). The van der Waals surface area contributed by atoms with Gasteiger partial charge in [-0.2, -0.15) is 0 Å². The van der Waals surface area contributed by atoms with Crippen molar-refractivity contribution >= 4 is 29.3 Å². The zero-order valence-corrected chi connectivity index (χ0v) is 14.1. The SMILES string of the molecule is CCOCN(C(=O)CSCC(=O)O)c1c(C)cccc1CC. The van der Waals surface area contributed by atoms with Crippen LogP contribution in [0.25, 0.3) is 0 Å². The van der Waals surface area contributed by atoms with E-state index in [-0.39, 0.29) is 24.1 Å². The smallest absolute Gasteiger partial charge is 0.313 e. The number of hydrogen-bond acceptors (Lipinski definition) is 4. The zero-order chi connectivity index (χ0) is 16.5. The fraction of sp³-hybridized carbons (Fsp3) is 0.500. The quantitative estimate of drug-likeness (QED) is 0.707. The summed E-state index contributed by atoms with van der Waals surface area (Å²) in [6.07, 6.45) is 0.815. The van der Waals surface area contributed by atoms with Crippen molar-refractivity contribution in [2.45, 2.75) is 27.2 Å². The maximum Gasteiger partial charge on any atom is 0.313 e. The molecule has 5 nitrogen and oxygen atoms in total. The molecule has 22 heavy (non-hydrogen) atoms. The van der Waals surface area contributed by atoms with Crippen LogP contribution in [0.2, 0.25) is 0 Å². The number of carboxylic acids is 1. The number of nitrogens with zero attached hydrogens (tertiary/aromatic N) is 1. The van der Waals surface area contributed by atoms with Gasteiger partial charge in [-0.1, -0.05) is 25.1 Å². The van der Waals surface area contributed by atoms with Gasteiger partial charge >= 0.3 is 5.97 Å². The first-order valence-electron chi connectivity index (χ1n) is 7.27. The fourth-order valence-corrected chi connectivity index (χ4v) is 2.75. The second-order valence-corrected chi connectivity index (χ2v) is 5.75. The molecule has 1 aromatic carbocycles. The molecule has 1 N–H and O–H groups in total. The number of rotatable bonds is 9. The van der Waals surface area contributed by atoms with Crippen molar-refractivity contribution in [2.75, 3.05) is 29.7 Å². The van der Waals surface area contributed by atoms with E-state index < -0.39 is 5.97 Å². The minimum absolute atomic E-state index is 0.0807. The molecule has 0 aromatic heterocycles. The molecule has 0 saturated carbocycles. The Kier molecular flexibility index (Phi) is 7.98. The third kappa shape index (κ3) is 5.35. The Morgan fingerprint density at radius 1 is 1.27 bits per heavy atom. The highest BCUT2D eigenvalue weighted by Gasteiger charge is 2.20. The van der Waals surface area contributed by atoms with Crippen LogP contribution in [0.1, 0.15) is 25.0 Å². The number of aliphatic carboxylic acids is 1. The van der Waals surface area contributed by atoms with Crippen LogP contribution in [-0.2, 0) is 20.7 Å². The van der Waals surface area contributed by atoms with E-state index in [1.807, 2.05) is 39.0 Å². The van der Waals surface area contributed by atoms with Gasteiger partial charge in [0.2, 0.25) is 5.91 Å². The van der Waals surface area contributed by atoms with Gasteiger partial charge in [0.15, 0.2) is 0 Å². The van der Waals surface area contributed by atoms with E-state index in [0.29, 0.717) is 6.61 Å². The van der Waals surface area contributed by atoms with Gasteiger partial charge in [0.25, 0.3) is 0 Å². The summed E-state index contributed by atoms with van der Waals surface area (Å²) in [5, 5.41) is 8.68. The van der Waals surface area contributed by atoms with Crippen LogP contribution in [0.4, 0.5) is 5.69 Å². The molecule has 122 valence electrons. The third-order valence-corrected chi connectivity index (χ3v) is 4.05. The molecule has 0 heterocycles. The van der Waals surface area contributed by atoms with Crippen molar-refractivity contribution in [2.24, 2.45) is 0 Å². The number of aryl methyl sites for hydroxylation is 2. The second-order valence-electron chi connectivity index (χ2n) is 4.77. The minimum atomic E-state index is -0.917. The van der Waals surface area contributed by atoms with E-state index in [9.17, 15) is 9.59 Å². The average Bonchev–Trinajstić information content (AvgIpc) is 2.48. The molecule has 0 bridgehead atoms. The molecule has 6 heteroatoms. The highest BCUT2D eigenvalue weighted by atomic mass is 32.2. The highest BCUT2D eigenvalue weighted by molar-refractivity contribution is 8.00. The molecule has 0 radical (unpaired) electrons. The fourth-order valence-electron chi connectivity index (χ4n) is 2.14. The Bertz CT molecular complexity index is 519. The maximum atomic E-state index is 12.5. The number of thioether (sulfide) groups is 1. The lowest BCUT2D eigenvalue weighted by atomic mass is 10.0. The van der Waals surface area contributed by atoms with Crippen molar-refractivity contribution in [1.82, 2.24) is 0 Å². The van der Waals surface area contributed by atoms with Crippen molar-refractivity contribution in [1.29, 1.82) is 0 Å². The molecule has 0 aliphatic heterocycles. The molecule has 0 saturated heterocycles. The first-order chi connectivity index (χ1) is 10.5. The number of hydrogen-bond donors (Lipinski definition) is 1. The molecule has 0 unspecified atom stereocenters. The summed E-state index contributed by atoms with van der Waals surface area (Å²) >= 11 is 1.10. The van der Waals surface area contributed by atoms with Crippen molar-refractivity contribution in [3.8, 4) is 0 Å². The number of carbonyl (C=O) groups is 2. The van der Waals surface area contributed by atoms with Gasteiger partial charge < -0.3 is 9.84 Å². The lowest BCUT2D eigenvalue weighted by Gasteiger charge is -2.26. The normalized spacial score (nSPS) is 10.5. The Morgan fingerprint density at radius 2 is 2.00 bits per heavy atom. The van der Waals surface area contributed by atoms with Crippen molar-refractivity contribution in [3.63, 3.8) is 0 Å². The third-order valence-electron chi connectivity index (χ3n) is 3.15. The van der Waals surface area contributed by atoms with Crippen LogP contribution < -0.4 is 4.90 Å². The van der Waals surface area contributed by atoms with Crippen LogP contribution in [0.3, 0.4) is 0 Å². The van der Waals surface area contributed by atoms with E-state index in [4.69, 9.17) is 9.84 Å². The first kappa shape index (κ1) is 18.5. The van der Waals surface area contributed by atoms with Crippen molar-refractivity contribution in [3.05, 3.63) is 29.3 Å². The Labute approximate surface area is 135 Å². The van der Waals surface area contributed by atoms with E-state index in [0.717, 1.165) is 35.0 Å². The van der Waals surface area contributed by atoms with Crippen LogP contribution in [0.15, 0.2) is 18.2 Å². The Morgan fingerprint density at radius 3 is 2.59 bits per heavy atom. The molecular formula is C16H23NO4S. The molecule has 0 atom stereocenters. The van der Waals surface area contributed by atoms with Gasteiger partial charge in [-0.3, -0.25) is 14.5 Å². The van der Waals surface area contributed by atoms with Crippen LogP contribution in [0, 0.1) is 6.92 Å². The van der Waals surface area contributed by atoms with Gasteiger partial charge in [0, 0.05) is 6.61 Å². The number of anilines is 1. The van der Waals surface area contributed by atoms with E-state index in [1.165, 1.54) is 0 Å². The Hall–Kier alpha value is -1.53. The summed E-state index contributed by atoms with van der Waals surface area (Å²) in [6.45, 7) is 6.58.